The van der Waals surface area contributed by atoms with Crippen LogP contribution < -0.4 is 11.1 Å². The molecule has 1 aliphatic carbocycles. The number of anilines is 1. The van der Waals surface area contributed by atoms with Crippen molar-refractivity contribution in [2.45, 2.75) is 74.8 Å². The summed E-state index contributed by atoms with van der Waals surface area (Å²) < 4.78 is 56.4. The standard InChI is InChI=1S/C23H29F3N6O6/c1-12(21(35)37-14-4-2-13(3-5-14)23(24,25)26)30-11-36-9-22(8-27)19(34)17(33)18(38-22)15-6-7-16-20(28)29-10-31-32(15)16/h6-7,10,12-14,17-19,30,33-34H,2-5,9,11H2,1H3,(H2,28,29,31)/t12-,13?,14?,17+,18+,19+,22-/m1/s1. The first-order valence-corrected chi connectivity index (χ1v) is 12.1. The molecule has 38 heavy (non-hydrogen) atoms. The third kappa shape index (κ3) is 5.54. The lowest BCUT2D eigenvalue weighted by Crippen LogP contribution is -2.47. The van der Waals surface area contributed by atoms with Gasteiger partial charge in [-0.3, -0.25) is 10.1 Å². The van der Waals surface area contributed by atoms with Crippen LogP contribution in [0.1, 0.15) is 44.4 Å². The number of hydrogen-bond donors (Lipinski definition) is 4. The third-order valence-electron chi connectivity index (χ3n) is 7.02. The monoisotopic (exact) mass is 542 g/mol. The Hall–Kier alpha value is -3.03. The number of rotatable bonds is 8. The number of aromatic nitrogens is 3. The summed E-state index contributed by atoms with van der Waals surface area (Å²) in [6.07, 6.45) is -7.75. The summed E-state index contributed by atoms with van der Waals surface area (Å²) in [5.74, 6) is -1.82. The molecule has 0 unspecified atom stereocenters. The predicted molar refractivity (Wildman–Crippen MR) is 123 cm³/mol. The van der Waals surface area contributed by atoms with Crippen LogP contribution in [-0.4, -0.2) is 80.2 Å². The van der Waals surface area contributed by atoms with Gasteiger partial charge in [0.2, 0.25) is 5.60 Å². The zero-order valence-corrected chi connectivity index (χ0v) is 20.5. The van der Waals surface area contributed by atoms with E-state index in [0.717, 1.165) is 0 Å². The van der Waals surface area contributed by atoms with Gasteiger partial charge in [-0.05, 0) is 44.7 Å². The summed E-state index contributed by atoms with van der Waals surface area (Å²) >= 11 is 0. The van der Waals surface area contributed by atoms with Gasteiger partial charge in [0.25, 0.3) is 0 Å². The number of nitrogens with zero attached hydrogens (tertiary/aromatic N) is 4. The molecule has 0 bridgehead atoms. The first-order chi connectivity index (χ1) is 18.0. The number of aliphatic hydroxyl groups excluding tert-OH is 2. The number of fused-ring (bicyclic) bond motifs is 1. The fourth-order valence-electron chi connectivity index (χ4n) is 4.72. The molecule has 208 valence electrons. The number of nitriles is 1. The summed E-state index contributed by atoms with van der Waals surface area (Å²) in [6, 6.07) is 4.21. The fraction of sp³-hybridized carbons (Fsp3) is 0.652. The van der Waals surface area contributed by atoms with Gasteiger partial charge in [-0.1, -0.05) is 0 Å². The van der Waals surface area contributed by atoms with Gasteiger partial charge in [0.05, 0.1) is 24.9 Å². The van der Waals surface area contributed by atoms with Crippen molar-refractivity contribution in [3.05, 3.63) is 24.2 Å². The van der Waals surface area contributed by atoms with Gasteiger partial charge in [0.15, 0.2) is 5.82 Å². The lowest BCUT2D eigenvalue weighted by molar-refractivity contribution is -0.189. The number of nitrogens with two attached hydrogens (primary N) is 1. The average molecular weight is 543 g/mol. The van der Waals surface area contributed by atoms with Crippen LogP contribution in [0.15, 0.2) is 18.5 Å². The Morgan fingerprint density at radius 2 is 2.08 bits per heavy atom. The Labute approximate surface area is 215 Å². The minimum absolute atomic E-state index is 0.0862. The van der Waals surface area contributed by atoms with Crippen LogP contribution in [0.5, 0.6) is 0 Å². The van der Waals surface area contributed by atoms with Crippen LogP contribution in [0.2, 0.25) is 0 Å². The van der Waals surface area contributed by atoms with E-state index in [9.17, 15) is 33.4 Å². The number of alkyl halides is 3. The lowest BCUT2D eigenvalue weighted by atomic mass is 9.87. The van der Waals surface area contributed by atoms with E-state index in [-0.39, 0.29) is 38.2 Å². The molecule has 1 saturated heterocycles. The van der Waals surface area contributed by atoms with Crippen LogP contribution >= 0.6 is 0 Å². The lowest BCUT2D eigenvalue weighted by Gasteiger charge is -2.30. The van der Waals surface area contributed by atoms with Crippen LogP contribution in [0.4, 0.5) is 19.0 Å². The molecule has 1 saturated carbocycles. The van der Waals surface area contributed by atoms with E-state index in [2.05, 4.69) is 15.4 Å². The summed E-state index contributed by atoms with van der Waals surface area (Å²) in [5.41, 5.74) is 4.71. The van der Waals surface area contributed by atoms with E-state index in [0.29, 0.717) is 11.2 Å². The molecule has 4 rings (SSSR count). The molecule has 12 nitrogen and oxygen atoms in total. The maximum atomic E-state index is 12.8. The first kappa shape index (κ1) is 28.0. The van der Waals surface area contributed by atoms with Gasteiger partial charge in [0.1, 0.15) is 48.4 Å². The molecule has 5 atom stereocenters. The average Bonchev–Trinajstić information content (AvgIpc) is 3.42. The van der Waals surface area contributed by atoms with Crippen molar-refractivity contribution >= 4 is 17.3 Å². The first-order valence-electron chi connectivity index (χ1n) is 12.1. The van der Waals surface area contributed by atoms with Gasteiger partial charge in [-0.15, -0.1) is 0 Å². The Balaban J connectivity index is 1.28. The maximum absolute atomic E-state index is 12.8. The fourth-order valence-corrected chi connectivity index (χ4v) is 4.72. The highest BCUT2D eigenvalue weighted by Gasteiger charge is 2.56. The van der Waals surface area contributed by atoms with Crippen LogP contribution in [-0.2, 0) is 19.0 Å². The van der Waals surface area contributed by atoms with Crippen LogP contribution in [0, 0.1) is 17.2 Å². The number of ether oxygens (including phenoxy) is 3. The minimum Gasteiger partial charge on any atom is -0.461 e. The van der Waals surface area contributed by atoms with E-state index in [1.165, 1.54) is 17.8 Å². The molecule has 2 aliphatic rings. The van der Waals surface area contributed by atoms with E-state index in [1.54, 1.807) is 12.1 Å². The Kier molecular flexibility index (Phi) is 8.09. The number of carbonyl (C=O) groups excluding carboxylic acids is 1. The van der Waals surface area contributed by atoms with Gasteiger partial charge in [0, 0.05) is 0 Å². The number of hydrogen-bond acceptors (Lipinski definition) is 11. The van der Waals surface area contributed by atoms with E-state index in [4.69, 9.17) is 19.9 Å². The molecule has 2 aromatic rings. The molecule has 0 radical (unpaired) electrons. The normalized spacial score (nSPS) is 30.7. The topological polar surface area (TPSA) is 177 Å². The number of aliphatic hydroxyl groups is 2. The molecule has 0 spiro atoms. The Morgan fingerprint density at radius 3 is 2.74 bits per heavy atom. The second-order valence-electron chi connectivity index (χ2n) is 9.55. The zero-order valence-electron chi connectivity index (χ0n) is 20.5. The molecular formula is C23H29F3N6O6. The van der Waals surface area contributed by atoms with Gasteiger partial charge >= 0.3 is 12.1 Å². The largest absolute Gasteiger partial charge is 0.461 e. The molecule has 2 aromatic heterocycles. The van der Waals surface area contributed by atoms with Gasteiger partial charge < -0.3 is 30.2 Å². The third-order valence-corrected chi connectivity index (χ3v) is 7.02. The quantitative estimate of drug-likeness (QED) is 0.212. The number of nitrogen functional groups attached to an aromatic ring is 1. The minimum atomic E-state index is -4.24. The second-order valence-corrected chi connectivity index (χ2v) is 9.55. The smallest absolute Gasteiger partial charge is 0.391 e. The summed E-state index contributed by atoms with van der Waals surface area (Å²) in [6.45, 7) is 0.809. The molecule has 3 heterocycles. The molecule has 5 N–H and O–H groups in total. The predicted octanol–water partition coefficient (Wildman–Crippen LogP) is 0.983. The zero-order chi connectivity index (χ0) is 27.7. The summed E-state index contributed by atoms with van der Waals surface area (Å²) in [7, 11) is 0. The Bertz CT molecular complexity index is 1180. The van der Waals surface area contributed by atoms with Gasteiger partial charge in [-0.25, -0.2) is 9.50 Å². The number of esters is 1. The highest BCUT2D eigenvalue weighted by Crippen LogP contribution is 2.41. The van der Waals surface area contributed by atoms with Crippen molar-refractivity contribution in [1.29, 1.82) is 5.26 Å². The molecule has 15 heteroatoms. The number of nitrogens with one attached hydrogen (secondary N) is 1. The highest BCUT2D eigenvalue weighted by atomic mass is 19.4. The van der Waals surface area contributed by atoms with Crippen LogP contribution in [0.25, 0.3) is 5.52 Å². The van der Waals surface area contributed by atoms with Crippen molar-refractivity contribution in [1.82, 2.24) is 19.9 Å². The molecule has 1 aliphatic heterocycles. The summed E-state index contributed by atoms with van der Waals surface area (Å²) in [5, 5.41) is 37.9. The molecule has 0 amide bonds. The second kappa shape index (κ2) is 11.0. The van der Waals surface area contributed by atoms with Crippen molar-refractivity contribution in [2.24, 2.45) is 5.92 Å². The van der Waals surface area contributed by atoms with Crippen molar-refractivity contribution in [3.63, 3.8) is 0 Å². The molecular weight excluding hydrogens is 513 g/mol. The number of carbonyl (C=O) groups is 1. The van der Waals surface area contributed by atoms with Crippen molar-refractivity contribution in [2.75, 3.05) is 19.1 Å². The van der Waals surface area contributed by atoms with Crippen molar-refractivity contribution in [3.8, 4) is 6.07 Å². The van der Waals surface area contributed by atoms with E-state index < -0.39 is 60.7 Å². The summed E-state index contributed by atoms with van der Waals surface area (Å²) in [4.78, 5) is 16.2. The Morgan fingerprint density at radius 1 is 1.37 bits per heavy atom. The molecule has 2 fully saturated rings. The van der Waals surface area contributed by atoms with E-state index in [1.807, 2.05) is 6.07 Å². The van der Waals surface area contributed by atoms with E-state index >= 15 is 0 Å². The van der Waals surface area contributed by atoms with Crippen molar-refractivity contribution < 1.29 is 42.4 Å². The van der Waals surface area contributed by atoms with Gasteiger partial charge in [-0.2, -0.15) is 23.5 Å². The SMILES string of the molecule is C[C@@H](NCOC[C@@]1(C#N)O[C@@H](c2ccc3c(N)ncnn23)[C@H](O)[C@@H]1O)C(=O)OC1CCC(C(F)(F)F)CC1. The maximum Gasteiger partial charge on any atom is 0.391 e. The number of halogens is 3. The highest BCUT2D eigenvalue weighted by molar-refractivity contribution is 5.75. The van der Waals surface area contributed by atoms with Crippen LogP contribution in [0.3, 0.4) is 0 Å². The molecule has 0 aromatic carbocycles.